The zero-order valence-electron chi connectivity index (χ0n) is 14.9. The van der Waals surface area contributed by atoms with Crippen LogP contribution in [0.3, 0.4) is 0 Å². The Bertz CT molecular complexity index is 622. The van der Waals surface area contributed by atoms with Crippen LogP contribution in [0.25, 0.3) is 0 Å². The molecule has 2 unspecified atom stereocenters. The Morgan fingerprint density at radius 2 is 0.931 bits per heavy atom. The average molecular weight is 418 g/mol. The lowest BCUT2D eigenvalue weighted by Crippen LogP contribution is -2.39. The largest absolute Gasteiger partial charge is 0.442 e. The molecule has 4 N–H and O–H groups in total. The number of hydrogen-bond acceptors (Lipinski definition) is 13. The monoisotopic (exact) mass is 418 g/mol. The molecule has 4 aliphatic rings. The molecule has 4 heterocycles. The Morgan fingerprint density at radius 3 is 1.24 bits per heavy atom. The quantitative estimate of drug-likeness (QED) is 0.180. The molecule has 17 heteroatoms. The van der Waals surface area contributed by atoms with E-state index >= 15 is 0 Å². The predicted molar refractivity (Wildman–Crippen MR) is 83.7 cm³/mol. The lowest BCUT2D eigenvalue weighted by atomic mass is 10.6. The molecule has 2 atom stereocenters. The highest BCUT2D eigenvalue weighted by molar-refractivity contribution is 5.70. The molecule has 0 aromatic rings. The maximum absolute atomic E-state index is 11.9. The van der Waals surface area contributed by atoms with Crippen LogP contribution in [-0.2, 0) is 23.7 Å². The molecule has 29 heavy (non-hydrogen) atoms. The Kier molecular flexibility index (Phi) is 5.36. The van der Waals surface area contributed by atoms with Gasteiger partial charge in [0.05, 0.1) is 0 Å². The van der Waals surface area contributed by atoms with Gasteiger partial charge in [-0.15, -0.1) is 0 Å². The van der Waals surface area contributed by atoms with Gasteiger partial charge in [0, 0.05) is 0 Å². The van der Waals surface area contributed by atoms with Crippen molar-refractivity contribution in [2.45, 2.75) is 12.6 Å². The molecule has 0 spiro atoms. The molecular weight excluding hydrogens is 400 g/mol. The lowest BCUT2D eigenvalue weighted by molar-refractivity contribution is -0.230. The molecule has 0 bridgehead atoms. The van der Waals surface area contributed by atoms with E-state index in [0.717, 1.165) is 20.0 Å². The average Bonchev–Trinajstić information content (AvgIpc) is 3.57. The Hall–Kier alpha value is -3.12. The van der Waals surface area contributed by atoms with Crippen molar-refractivity contribution in [3.05, 3.63) is 0 Å². The number of rotatable bonds is 8. The van der Waals surface area contributed by atoms with Crippen molar-refractivity contribution in [2.75, 3.05) is 39.9 Å². The summed E-state index contributed by atoms with van der Waals surface area (Å²) in [6.07, 6.45) is -5.88. The van der Waals surface area contributed by atoms with E-state index in [2.05, 4.69) is 21.7 Å². The third-order valence-electron chi connectivity index (χ3n) is 3.60. The molecule has 17 nitrogen and oxygen atoms in total. The molecule has 0 aliphatic carbocycles. The number of nitrogens with one attached hydrogen (secondary N) is 4. The molecular formula is C12H18N8O9. The lowest BCUT2D eigenvalue weighted by Gasteiger charge is -2.24. The second-order valence-electron chi connectivity index (χ2n) is 5.89. The smallest absolute Gasteiger partial charge is 0.428 e. The van der Waals surface area contributed by atoms with Crippen LogP contribution in [0.4, 0.5) is 19.2 Å². The van der Waals surface area contributed by atoms with Gasteiger partial charge in [0.25, 0.3) is 0 Å². The topological polar surface area (TPSA) is 214 Å². The van der Waals surface area contributed by atoms with Gasteiger partial charge in [-0.05, 0) is 0 Å². The fourth-order valence-corrected chi connectivity index (χ4v) is 1.82. The zero-order valence-corrected chi connectivity index (χ0v) is 14.9. The number of carbonyl (C=O) groups excluding carboxylic acids is 4. The fourth-order valence-electron chi connectivity index (χ4n) is 1.82. The van der Waals surface area contributed by atoms with E-state index < -0.39 is 50.2 Å². The van der Waals surface area contributed by atoms with E-state index in [1.54, 1.807) is 0 Å². The van der Waals surface area contributed by atoms with Crippen LogP contribution in [0.5, 0.6) is 0 Å². The summed E-state index contributed by atoms with van der Waals surface area (Å²) in [5.41, 5.74) is 10.4. The summed E-state index contributed by atoms with van der Waals surface area (Å²) in [4.78, 5) is 47.0. The summed E-state index contributed by atoms with van der Waals surface area (Å²) >= 11 is 0. The molecule has 4 rings (SSSR count). The van der Waals surface area contributed by atoms with Crippen molar-refractivity contribution in [3.63, 3.8) is 0 Å². The van der Waals surface area contributed by atoms with Crippen molar-refractivity contribution < 1.29 is 42.9 Å². The van der Waals surface area contributed by atoms with Crippen molar-refractivity contribution in [3.8, 4) is 0 Å². The SMILES string of the molecule is O=C(OCC(OC(=O)N1CN1)OC(COC(=O)N1CN1)OC(=O)N1CN1)N1CN1. The van der Waals surface area contributed by atoms with Gasteiger partial charge in [0.1, 0.15) is 26.7 Å². The Balaban J connectivity index is 1.33. The number of hydrogen-bond donors (Lipinski definition) is 4. The molecule has 4 amide bonds. The third-order valence-corrected chi connectivity index (χ3v) is 3.60. The summed E-state index contributed by atoms with van der Waals surface area (Å²) < 4.78 is 25.5. The molecule has 0 radical (unpaired) electrons. The van der Waals surface area contributed by atoms with Gasteiger partial charge in [0.2, 0.25) is 12.6 Å². The molecule has 160 valence electrons. The number of ether oxygens (including phenoxy) is 5. The number of hydrazine groups is 4. The van der Waals surface area contributed by atoms with Crippen LogP contribution in [0.1, 0.15) is 0 Å². The fraction of sp³-hybridized carbons (Fsp3) is 0.667. The third kappa shape index (κ3) is 5.93. The maximum Gasteiger partial charge on any atom is 0.428 e. The summed E-state index contributed by atoms with van der Waals surface area (Å²) in [6.45, 7) is 0.227. The standard InChI is InChI=1S/C12H18N8O9/c21-9(17-3-13-17)25-1-7(28-11(23)19-5-15-19)27-8(29-12(24)20-6-16-20)2-26-10(22)18-4-14-18/h7-8,13-16H,1-6H2. The minimum absolute atomic E-state index is 0.280. The van der Waals surface area contributed by atoms with E-state index in [1.807, 2.05) is 0 Å². The summed E-state index contributed by atoms with van der Waals surface area (Å²) in [5.74, 6) is 0. The second kappa shape index (κ2) is 8.09. The van der Waals surface area contributed by atoms with Gasteiger partial charge in [-0.1, -0.05) is 0 Å². The van der Waals surface area contributed by atoms with Gasteiger partial charge in [-0.3, -0.25) is 4.74 Å². The first-order valence-corrected chi connectivity index (χ1v) is 8.44. The molecule has 0 aromatic heterocycles. The van der Waals surface area contributed by atoms with Crippen LogP contribution in [0.2, 0.25) is 0 Å². The van der Waals surface area contributed by atoms with E-state index in [9.17, 15) is 19.2 Å². The van der Waals surface area contributed by atoms with Crippen molar-refractivity contribution >= 4 is 24.4 Å². The summed E-state index contributed by atoms with van der Waals surface area (Å²) in [5, 5.41) is 4.56. The normalized spacial score (nSPS) is 20.4. The van der Waals surface area contributed by atoms with Crippen LogP contribution >= 0.6 is 0 Å². The first-order chi connectivity index (χ1) is 14.0. The van der Waals surface area contributed by atoms with Crippen molar-refractivity contribution in [1.29, 1.82) is 0 Å². The minimum atomic E-state index is -1.44. The van der Waals surface area contributed by atoms with Crippen LogP contribution < -0.4 is 21.7 Å². The summed E-state index contributed by atoms with van der Waals surface area (Å²) in [7, 11) is 0. The molecule has 4 saturated heterocycles. The van der Waals surface area contributed by atoms with Crippen LogP contribution in [0.15, 0.2) is 0 Å². The number of nitrogens with zero attached hydrogens (tertiary/aromatic N) is 4. The first kappa shape index (κ1) is 19.2. The van der Waals surface area contributed by atoms with E-state index in [4.69, 9.17) is 23.7 Å². The van der Waals surface area contributed by atoms with Gasteiger partial charge in [0.15, 0.2) is 13.2 Å². The molecule has 0 saturated carbocycles. The van der Waals surface area contributed by atoms with Gasteiger partial charge in [-0.25, -0.2) is 60.9 Å². The van der Waals surface area contributed by atoms with E-state index in [0.29, 0.717) is 13.3 Å². The van der Waals surface area contributed by atoms with Gasteiger partial charge >= 0.3 is 24.4 Å². The number of amides is 4. The maximum atomic E-state index is 11.9. The molecule has 4 fully saturated rings. The Morgan fingerprint density at radius 1 is 0.621 bits per heavy atom. The van der Waals surface area contributed by atoms with E-state index in [-0.39, 0.29) is 13.3 Å². The van der Waals surface area contributed by atoms with E-state index in [1.165, 1.54) is 0 Å². The highest BCUT2D eigenvalue weighted by atomic mass is 16.8. The summed E-state index contributed by atoms with van der Waals surface area (Å²) in [6, 6.07) is 0. The van der Waals surface area contributed by atoms with Crippen molar-refractivity contribution in [2.24, 2.45) is 0 Å². The van der Waals surface area contributed by atoms with Crippen molar-refractivity contribution in [1.82, 2.24) is 41.7 Å². The first-order valence-electron chi connectivity index (χ1n) is 8.44. The highest BCUT2D eigenvalue weighted by Crippen LogP contribution is 2.13. The van der Waals surface area contributed by atoms with Gasteiger partial charge < -0.3 is 18.9 Å². The second-order valence-corrected chi connectivity index (χ2v) is 5.89. The molecule has 0 aromatic carbocycles. The predicted octanol–water partition coefficient (Wildman–Crippen LogP) is -2.69. The Labute approximate surface area is 162 Å². The minimum Gasteiger partial charge on any atom is -0.442 e. The number of carbonyl (C=O) groups is 4. The highest BCUT2D eigenvalue weighted by Gasteiger charge is 2.35. The van der Waals surface area contributed by atoms with Gasteiger partial charge in [-0.2, -0.15) is 0 Å². The molecule has 4 aliphatic heterocycles. The van der Waals surface area contributed by atoms with Crippen LogP contribution in [-0.4, -0.2) is 96.9 Å². The zero-order chi connectivity index (χ0) is 20.4. The van der Waals surface area contributed by atoms with Crippen LogP contribution in [0, 0.1) is 0 Å².